The minimum absolute atomic E-state index is 0.827. The molecule has 0 radical (unpaired) electrons. The Kier molecular flexibility index (Phi) is 4.45. The lowest BCUT2D eigenvalue weighted by Gasteiger charge is -2.24. The van der Waals surface area contributed by atoms with Crippen LogP contribution in [-0.2, 0) is 0 Å². The van der Waals surface area contributed by atoms with E-state index in [0.717, 1.165) is 12.0 Å². The van der Waals surface area contributed by atoms with Crippen molar-refractivity contribution >= 4 is 0 Å². The molecule has 0 amide bonds. The van der Waals surface area contributed by atoms with Crippen LogP contribution in [-0.4, -0.2) is 37.6 Å². The van der Waals surface area contributed by atoms with Crippen LogP contribution in [0.15, 0.2) is 0 Å². The van der Waals surface area contributed by atoms with E-state index in [0.29, 0.717) is 0 Å². The zero-order chi connectivity index (χ0) is 10.5. The molecule has 2 nitrogen and oxygen atoms in total. The van der Waals surface area contributed by atoms with Crippen molar-refractivity contribution in [3.63, 3.8) is 0 Å². The monoisotopic (exact) mass is 210 g/mol. The van der Waals surface area contributed by atoms with Gasteiger partial charge in [-0.3, -0.25) is 0 Å². The van der Waals surface area contributed by atoms with Crippen molar-refractivity contribution in [1.29, 1.82) is 0 Å². The van der Waals surface area contributed by atoms with Crippen LogP contribution < -0.4 is 5.32 Å². The van der Waals surface area contributed by atoms with Gasteiger partial charge in [-0.2, -0.15) is 0 Å². The first-order chi connectivity index (χ1) is 7.34. The highest BCUT2D eigenvalue weighted by molar-refractivity contribution is 4.77. The average molecular weight is 210 g/mol. The molecule has 2 heteroatoms. The van der Waals surface area contributed by atoms with Crippen LogP contribution in [0, 0.1) is 5.92 Å². The Morgan fingerprint density at radius 2 is 1.80 bits per heavy atom. The summed E-state index contributed by atoms with van der Waals surface area (Å²) in [5, 5.41) is 3.70. The van der Waals surface area contributed by atoms with Crippen LogP contribution in [0.1, 0.15) is 44.9 Å². The lowest BCUT2D eigenvalue weighted by molar-refractivity contribution is 0.297. The molecular weight excluding hydrogens is 184 g/mol. The van der Waals surface area contributed by atoms with Crippen molar-refractivity contribution in [3.05, 3.63) is 0 Å². The lowest BCUT2D eigenvalue weighted by Crippen LogP contribution is -2.37. The van der Waals surface area contributed by atoms with E-state index in [1.165, 1.54) is 64.6 Å². The van der Waals surface area contributed by atoms with E-state index in [1.807, 2.05) is 0 Å². The van der Waals surface area contributed by atoms with E-state index < -0.39 is 0 Å². The van der Waals surface area contributed by atoms with Crippen LogP contribution in [0.5, 0.6) is 0 Å². The Balaban J connectivity index is 1.49. The van der Waals surface area contributed by atoms with Crippen LogP contribution in [0.4, 0.5) is 0 Å². The van der Waals surface area contributed by atoms with Crippen molar-refractivity contribution in [2.75, 3.05) is 26.7 Å². The summed E-state index contributed by atoms with van der Waals surface area (Å²) in [6, 6.07) is 0.827. The molecule has 0 bridgehead atoms. The molecule has 0 aromatic heterocycles. The van der Waals surface area contributed by atoms with Crippen molar-refractivity contribution in [2.24, 2.45) is 5.92 Å². The molecule has 2 aliphatic carbocycles. The molecule has 0 aromatic rings. The maximum atomic E-state index is 3.70. The van der Waals surface area contributed by atoms with E-state index in [9.17, 15) is 0 Å². The summed E-state index contributed by atoms with van der Waals surface area (Å²) in [5.41, 5.74) is 0. The Bertz CT molecular complexity index is 171. The van der Waals surface area contributed by atoms with Gasteiger partial charge in [-0.15, -0.1) is 0 Å². The second-order valence-corrected chi connectivity index (χ2v) is 5.49. The maximum absolute atomic E-state index is 3.70. The van der Waals surface area contributed by atoms with Gasteiger partial charge in [0.25, 0.3) is 0 Å². The lowest BCUT2D eigenvalue weighted by atomic mass is 9.95. The summed E-state index contributed by atoms with van der Waals surface area (Å²) in [6.45, 7) is 3.74. The zero-order valence-electron chi connectivity index (χ0n) is 10.2. The summed E-state index contributed by atoms with van der Waals surface area (Å²) in [6.07, 6.45) is 10.1. The first kappa shape index (κ1) is 11.4. The smallest absolute Gasteiger partial charge is 0.0104 e. The number of rotatable bonds is 6. The molecular formula is C13H26N2. The largest absolute Gasteiger partial charge is 0.313 e. The maximum Gasteiger partial charge on any atom is 0.0104 e. The Labute approximate surface area is 94.4 Å². The molecule has 0 saturated heterocycles. The van der Waals surface area contributed by atoms with Crippen LogP contribution in [0.2, 0.25) is 0 Å². The fraction of sp³-hybridized carbons (Fsp3) is 1.00. The van der Waals surface area contributed by atoms with E-state index in [2.05, 4.69) is 17.3 Å². The molecule has 1 N–H and O–H groups in total. The predicted octanol–water partition coefficient (Wildman–Crippen LogP) is 2.25. The standard InChI is InChI=1S/C13H26N2/c1-15(11-12-7-8-12)10-9-14-13-5-3-2-4-6-13/h12-14H,2-11H2,1H3. The summed E-state index contributed by atoms with van der Waals surface area (Å²) in [5.74, 6) is 1.03. The van der Waals surface area contributed by atoms with Crippen molar-refractivity contribution < 1.29 is 0 Å². The Morgan fingerprint density at radius 1 is 1.07 bits per heavy atom. The zero-order valence-corrected chi connectivity index (χ0v) is 10.2. The van der Waals surface area contributed by atoms with Gasteiger partial charge in [0, 0.05) is 25.7 Å². The highest BCUT2D eigenvalue weighted by atomic mass is 15.1. The fourth-order valence-electron chi connectivity index (χ4n) is 2.60. The molecule has 0 aromatic carbocycles. The number of nitrogens with one attached hydrogen (secondary N) is 1. The highest BCUT2D eigenvalue weighted by Gasteiger charge is 2.22. The van der Waals surface area contributed by atoms with Gasteiger partial charge in [0.2, 0.25) is 0 Å². The molecule has 2 aliphatic rings. The molecule has 15 heavy (non-hydrogen) atoms. The fourth-order valence-corrected chi connectivity index (χ4v) is 2.60. The van der Waals surface area contributed by atoms with Crippen molar-refractivity contribution in [1.82, 2.24) is 10.2 Å². The minimum Gasteiger partial charge on any atom is -0.313 e. The van der Waals surface area contributed by atoms with Crippen LogP contribution >= 0.6 is 0 Å². The third kappa shape index (κ3) is 4.52. The van der Waals surface area contributed by atoms with Gasteiger partial charge in [0.15, 0.2) is 0 Å². The molecule has 0 atom stereocenters. The van der Waals surface area contributed by atoms with Gasteiger partial charge in [-0.1, -0.05) is 19.3 Å². The quantitative estimate of drug-likeness (QED) is 0.723. The second-order valence-electron chi connectivity index (χ2n) is 5.49. The van der Waals surface area contributed by atoms with Crippen molar-refractivity contribution in [2.45, 2.75) is 51.0 Å². The van der Waals surface area contributed by atoms with E-state index in [1.54, 1.807) is 0 Å². The van der Waals surface area contributed by atoms with Gasteiger partial charge in [0.05, 0.1) is 0 Å². The van der Waals surface area contributed by atoms with Crippen LogP contribution in [0.25, 0.3) is 0 Å². The van der Waals surface area contributed by atoms with Crippen LogP contribution in [0.3, 0.4) is 0 Å². The second kappa shape index (κ2) is 5.86. The average Bonchev–Trinajstić information content (AvgIpc) is 3.03. The topological polar surface area (TPSA) is 15.3 Å². The molecule has 0 aliphatic heterocycles. The van der Waals surface area contributed by atoms with E-state index in [4.69, 9.17) is 0 Å². The van der Waals surface area contributed by atoms with Crippen molar-refractivity contribution in [3.8, 4) is 0 Å². The molecule has 2 saturated carbocycles. The normalized spacial score (nSPS) is 23.6. The first-order valence-electron chi connectivity index (χ1n) is 6.76. The van der Waals surface area contributed by atoms with Gasteiger partial charge >= 0.3 is 0 Å². The van der Waals surface area contributed by atoms with Gasteiger partial charge in [0.1, 0.15) is 0 Å². The van der Waals surface area contributed by atoms with E-state index >= 15 is 0 Å². The number of likely N-dealkylation sites (N-methyl/N-ethyl adjacent to an activating group) is 1. The molecule has 0 unspecified atom stereocenters. The predicted molar refractivity (Wildman–Crippen MR) is 65.1 cm³/mol. The van der Waals surface area contributed by atoms with Gasteiger partial charge < -0.3 is 10.2 Å². The number of nitrogens with zero attached hydrogens (tertiary/aromatic N) is 1. The Hall–Kier alpha value is -0.0800. The first-order valence-corrected chi connectivity index (χ1v) is 6.76. The third-order valence-electron chi connectivity index (χ3n) is 3.80. The Morgan fingerprint density at radius 3 is 2.47 bits per heavy atom. The minimum atomic E-state index is 0.827. The molecule has 0 spiro atoms. The van der Waals surface area contributed by atoms with E-state index in [-0.39, 0.29) is 0 Å². The third-order valence-corrected chi connectivity index (χ3v) is 3.80. The summed E-state index contributed by atoms with van der Waals surface area (Å²) < 4.78 is 0. The summed E-state index contributed by atoms with van der Waals surface area (Å²) in [7, 11) is 2.26. The number of hydrogen-bond acceptors (Lipinski definition) is 2. The van der Waals surface area contributed by atoms with Gasteiger partial charge in [-0.05, 0) is 38.6 Å². The molecule has 2 fully saturated rings. The molecule has 88 valence electrons. The highest BCUT2D eigenvalue weighted by Crippen LogP contribution is 2.29. The SMILES string of the molecule is CN(CCNC1CCCCC1)CC1CC1. The van der Waals surface area contributed by atoms with Gasteiger partial charge in [-0.25, -0.2) is 0 Å². The summed E-state index contributed by atoms with van der Waals surface area (Å²) >= 11 is 0. The molecule has 2 rings (SSSR count). The summed E-state index contributed by atoms with van der Waals surface area (Å²) in [4.78, 5) is 2.49. The molecule has 0 heterocycles. The number of hydrogen-bond donors (Lipinski definition) is 1.